The number of hydrogen-bond acceptors (Lipinski definition) is 8. The third-order valence-corrected chi connectivity index (χ3v) is 20.5. The van der Waals surface area contributed by atoms with Gasteiger partial charge in [0.1, 0.15) is 19.8 Å². The lowest BCUT2D eigenvalue weighted by Crippen LogP contribution is -2.37. The van der Waals surface area contributed by atoms with Crippen LogP contribution in [0.15, 0.2) is 12.2 Å². The average Bonchev–Trinajstić information content (AvgIpc) is 2.27. The Morgan fingerprint density at radius 2 is 0.548 bits per heavy atom. The lowest BCUT2D eigenvalue weighted by atomic mass is 10.0. The van der Waals surface area contributed by atoms with Crippen LogP contribution >= 0.6 is 7.82 Å². The largest absolute Gasteiger partial charge is 0.756 e. The first-order chi connectivity index (χ1) is 45.5. The standard InChI is InChI=1S/C83H164NO8P/c1-6-8-10-12-14-16-18-20-22-24-26-28-30-32-34-36-38-40-41-42-43-44-46-48-50-52-54-56-58-60-62-64-66-68-70-72-74-76-83(86)92-81(80-91-93(87,88)90-78-77-84(3,4)5)79-89-82(85)75-73-71-69-67-65-63-61-59-57-55-53-51-49-47-45-39-37-35-33-31-29-27-25-23-21-19-17-15-13-11-9-7-2/h24,26,81H,6-23,25,27-80H2,1-5H3/b26-24-. The predicted molar refractivity (Wildman–Crippen MR) is 402 cm³/mol. The van der Waals surface area contributed by atoms with E-state index in [1.54, 1.807) is 0 Å². The van der Waals surface area contributed by atoms with Gasteiger partial charge in [0.15, 0.2) is 6.10 Å². The predicted octanol–water partition coefficient (Wildman–Crippen LogP) is 27.2. The van der Waals surface area contributed by atoms with Crippen molar-refractivity contribution in [3.63, 3.8) is 0 Å². The summed E-state index contributed by atoms with van der Waals surface area (Å²) in [6, 6.07) is 0. The highest BCUT2D eigenvalue weighted by Crippen LogP contribution is 2.38. The van der Waals surface area contributed by atoms with Gasteiger partial charge < -0.3 is 27.9 Å². The maximum absolute atomic E-state index is 12.9. The molecule has 0 aromatic rings. The van der Waals surface area contributed by atoms with Crippen LogP contribution in [0.4, 0.5) is 0 Å². The van der Waals surface area contributed by atoms with Crippen molar-refractivity contribution in [3.8, 4) is 0 Å². The summed E-state index contributed by atoms with van der Waals surface area (Å²) in [4.78, 5) is 38.2. The van der Waals surface area contributed by atoms with Crippen LogP contribution in [0.25, 0.3) is 0 Å². The SMILES string of the molecule is CCCCCCCCCC/C=C\CCCCCCCCCCCCCCCCCCCCCCCCCCCC(=O)OC(COC(=O)CCCCCCCCCCCCCCCCCCCCCCCCCCCCCCCCCC)COP(=O)([O-])OCC[N+](C)(C)C. The molecule has 554 valence electrons. The van der Waals surface area contributed by atoms with Gasteiger partial charge >= 0.3 is 11.9 Å². The highest BCUT2D eigenvalue weighted by Gasteiger charge is 2.22. The van der Waals surface area contributed by atoms with Gasteiger partial charge in [-0.2, -0.15) is 0 Å². The van der Waals surface area contributed by atoms with E-state index in [2.05, 4.69) is 26.0 Å². The Labute approximate surface area is 581 Å². The maximum atomic E-state index is 12.9. The third kappa shape index (κ3) is 79.6. The number of unbranched alkanes of at least 4 members (excludes halogenated alkanes) is 64. The van der Waals surface area contributed by atoms with Crippen LogP contribution in [-0.2, 0) is 32.7 Å². The molecule has 0 fully saturated rings. The van der Waals surface area contributed by atoms with E-state index in [1.807, 2.05) is 21.1 Å². The Morgan fingerprint density at radius 1 is 0.323 bits per heavy atom. The molecule has 93 heavy (non-hydrogen) atoms. The second-order valence-electron chi connectivity index (χ2n) is 30.2. The summed E-state index contributed by atoms with van der Waals surface area (Å²) in [5.74, 6) is -0.801. The Hall–Kier alpha value is -1.25. The fourth-order valence-electron chi connectivity index (χ4n) is 13.1. The van der Waals surface area contributed by atoms with Crippen LogP contribution in [0.3, 0.4) is 0 Å². The minimum atomic E-state index is -4.64. The Balaban J connectivity index is 3.86. The molecule has 2 atom stereocenters. The number of carbonyl (C=O) groups excluding carboxylic acids is 2. The van der Waals surface area contributed by atoms with E-state index < -0.39 is 26.5 Å². The minimum absolute atomic E-state index is 0.0253. The second kappa shape index (κ2) is 75.0. The number of quaternary nitrogens is 1. The molecule has 0 saturated carbocycles. The molecule has 0 aromatic heterocycles. The second-order valence-corrected chi connectivity index (χ2v) is 31.6. The zero-order valence-electron chi connectivity index (χ0n) is 63.5. The van der Waals surface area contributed by atoms with Crippen molar-refractivity contribution in [1.82, 2.24) is 0 Å². The third-order valence-electron chi connectivity index (χ3n) is 19.5. The summed E-state index contributed by atoms with van der Waals surface area (Å²) < 4.78 is 34.5. The number of hydrogen-bond donors (Lipinski definition) is 0. The van der Waals surface area contributed by atoms with E-state index in [-0.39, 0.29) is 32.0 Å². The molecule has 0 aliphatic carbocycles. The summed E-state index contributed by atoms with van der Waals surface area (Å²) in [5, 5.41) is 0. The van der Waals surface area contributed by atoms with Gasteiger partial charge in [-0.15, -0.1) is 0 Å². The van der Waals surface area contributed by atoms with Gasteiger partial charge in [-0.1, -0.05) is 418 Å². The lowest BCUT2D eigenvalue weighted by molar-refractivity contribution is -0.870. The van der Waals surface area contributed by atoms with Crippen molar-refractivity contribution >= 4 is 19.8 Å². The maximum Gasteiger partial charge on any atom is 0.306 e. The first-order valence-corrected chi connectivity index (χ1v) is 43.4. The number of phosphoric acid groups is 1. The first-order valence-electron chi connectivity index (χ1n) is 41.9. The molecule has 0 aliphatic rings. The van der Waals surface area contributed by atoms with Crippen LogP contribution < -0.4 is 4.89 Å². The molecule has 9 nitrogen and oxygen atoms in total. The Morgan fingerprint density at radius 3 is 0.796 bits per heavy atom. The summed E-state index contributed by atoms with van der Waals surface area (Å²) >= 11 is 0. The van der Waals surface area contributed by atoms with Gasteiger partial charge in [-0.3, -0.25) is 14.2 Å². The first kappa shape index (κ1) is 91.8. The molecular formula is C83H164NO8P. The van der Waals surface area contributed by atoms with E-state index >= 15 is 0 Å². The van der Waals surface area contributed by atoms with E-state index in [0.29, 0.717) is 17.4 Å². The molecule has 0 spiro atoms. The summed E-state index contributed by atoms with van der Waals surface area (Å²) in [6.45, 7) is 4.34. The van der Waals surface area contributed by atoms with Crippen molar-refractivity contribution in [2.45, 2.75) is 463 Å². The number of esters is 2. The number of carbonyl (C=O) groups is 2. The molecule has 0 rings (SSSR count). The fraction of sp³-hybridized carbons (Fsp3) is 0.952. The molecule has 0 N–H and O–H groups in total. The molecule has 0 radical (unpaired) electrons. The number of allylic oxidation sites excluding steroid dienone is 2. The molecule has 2 unspecified atom stereocenters. The average molecular weight is 1340 g/mol. The monoisotopic (exact) mass is 1330 g/mol. The van der Waals surface area contributed by atoms with Crippen molar-refractivity contribution in [3.05, 3.63) is 12.2 Å². The van der Waals surface area contributed by atoms with E-state index in [0.717, 1.165) is 32.1 Å². The van der Waals surface area contributed by atoms with Gasteiger partial charge in [0.25, 0.3) is 7.82 Å². The number of likely N-dealkylation sites (N-methyl/N-ethyl adjacent to an activating group) is 1. The highest BCUT2D eigenvalue weighted by atomic mass is 31.2. The van der Waals surface area contributed by atoms with Crippen LogP contribution in [0.1, 0.15) is 457 Å². The normalized spacial score (nSPS) is 13.0. The van der Waals surface area contributed by atoms with Crippen molar-refractivity contribution < 1.29 is 42.1 Å². The minimum Gasteiger partial charge on any atom is -0.756 e. The molecular weight excluding hydrogens is 1170 g/mol. The van der Waals surface area contributed by atoms with Gasteiger partial charge in [0.2, 0.25) is 0 Å². The van der Waals surface area contributed by atoms with Gasteiger partial charge in [0.05, 0.1) is 27.7 Å². The van der Waals surface area contributed by atoms with Crippen LogP contribution in [-0.4, -0.2) is 70.0 Å². The molecule has 10 heteroatoms. The van der Waals surface area contributed by atoms with E-state index in [4.69, 9.17) is 18.5 Å². The highest BCUT2D eigenvalue weighted by molar-refractivity contribution is 7.45. The molecule has 0 heterocycles. The Bertz CT molecular complexity index is 1570. The number of ether oxygens (including phenoxy) is 2. The lowest BCUT2D eigenvalue weighted by Gasteiger charge is -2.28. The Kier molecular flexibility index (Phi) is 74.0. The molecule has 0 aliphatic heterocycles. The topological polar surface area (TPSA) is 111 Å². The van der Waals surface area contributed by atoms with Crippen LogP contribution in [0.5, 0.6) is 0 Å². The van der Waals surface area contributed by atoms with Crippen LogP contribution in [0.2, 0.25) is 0 Å². The van der Waals surface area contributed by atoms with Crippen molar-refractivity contribution in [2.75, 3.05) is 47.5 Å². The summed E-state index contributed by atoms with van der Waals surface area (Å²) in [7, 11) is 1.20. The van der Waals surface area contributed by atoms with Crippen molar-refractivity contribution in [2.24, 2.45) is 0 Å². The molecule has 0 amide bonds. The number of phosphoric ester groups is 1. The van der Waals surface area contributed by atoms with Gasteiger partial charge in [-0.05, 0) is 38.5 Å². The molecule has 0 aromatic carbocycles. The summed E-state index contributed by atoms with van der Waals surface area (Å²) in [6.07, 6.45) is 95.1. The van der Waals surface area contributed by atoms with Gasteiger partial charge in [-0.25, -0.2) is 0 Å². The quantitative estimate of drug-likeness (QED) is 0.0195. The summed E-state index contributed by atoms with van der Waals surface area (Å²) in [5.41, 5.74) is 0. The smallest absolute Gasteiger partial charge is 0.306 e. The van der Waals surface area contributed by atoms with Crippen LogP contribution in [0, 0.1) is 0 Å². The van der Waals surface area contributed by atoms with E-state index in [9.17, 15) is 19.0 Å². The number of rotatable bonds is 80. The molecule has 0 bridgehead atoms. The zero-order valence-corrected chi connectivity index (χ0v) is 64.4. The van der Waals surface area contributed by atoms with Gasteiger partial charge in [0, 0.05) is 12.8 Å². The van der Waals surface area contributed by atoms with Crippen molar-refractivity contribution in [1.29, 1.82) is 0 Å². The molecule has 0 saturated heterocycles. The number of nitrogens with zero attached hydrogens (tertiary/aromatic N) is 1. The fourth-order valence-corrected chi connectivity index (χ4v) is 13.9. The van der Waals surface area contributed by atoms with E-state index in [1.165, 1.54) is 392 Å². The zero-order chi connectivity index (χ0) is 67.6.